The molecule has 0 unspecified atom stereocenters. The van der Waals surface area contributed by atoms with Crippen LogP contribution in [-0.4, -0.2) is 34.1 Å². The monoisotopic (exact) mass is 397 g/mol. The molecule has 0 amide bonds. The van der Waals surface area contributed by atoms with Gasteiger partial charge in [0.1, 0.15) is 16.8 Å². The molecule has 0 atom stereocenters. The third-order valence-electron chi connectivity index (χ3n) is 4.64. The predicted octanol–water partition coefficient (Wildman–Crippen LogP) is 4.77. The van der Waals surface area contributed by atoms with E-state index in [-0.39, 0.29) is 0 Å². The van der Waals surface area contributed by atoms with Gasteiger partial charge in [-0.3, -0.25) is 4.90 Å². The number of rotatable bonds is 3. The molecule has 28 heavy (non-hydrogen) atoms. The maximum absolute atomic E-state index is 13.3. The molecule has 5 nitrogen and oxygen atoms in total. The molecule has 0 radical (unpaired) electrons. The highest BCUT2D eigenvalue weighted by atomic mass is 32.1. The first kappa shape index (κ1) is 20.2. The average molecular weight is 398 g/mol. The lowest BCUT2D eigenvalue weighted by atomic mass is 10.1. The van der Waals surface area contributed by atoms with E-state index < -0.39 is 6.17 Å². The second kappa shape index (κ2) is 9.09. The third kappa shape index (κ3) is 4.46. The highest BCUT2D eigenvalue weighted by molar-refractivity contribution is 7.18. The summed E-state index contributed by atoms with van der Waals surface area (Å²) in [6.07, 6.45) is 0.552. The zero-order valence-corrected chi connectivity index (χ0v) is 17.0. The molecule has 1 aromatic carbocycles. The Bertz CT molecular complexity index is 969. The van der Waals surface area contributed by atoms with Gasteiger partial charge in [0.2, 0.25) is 0 Å². The van der Waals surface area contributed by atoms with Crippen LogP contribution in [0.15, 0.2) is 30.3 Å². The van der Waals surface area contributed by atoms with Gasteiger partial charge in [-0.05, 0) is 43.2 Å². The van der Waals surface area contributed by atoms with Crippen molar-refractivity contribution in [2.45, 2.75) is 39.4 Å². The van der Waals surface area contributed by atoms with Crippen molar-refractivity contribution < 1.29 is 4.39 Å². The van der Waals surface area contributed by atoms with Gasteiger partial charge in [0.05, 0.1) is 17.0 Å². The van der Waals surface area contributed by atoms with Crippen molar-refractivity contribution in [1.82, 2.24) is 14.9 Å². The molecular formula is C21H24FN5S. The molecule has 0 spiro atoms. The van der Waals surface area contributed by atoms with Gasteiger partial charge >= 0.3 is 0 Å². The molecule has 0 aliphatic carbocycles. The SMILES string of the molecule is CC.N#Cc1ccc(-c2nc(N)c3cc(CN4CCC(F)CC4)sc3n2)cc1. The number of halogens is 1. The van der Waals surface area contributed by atoms with Crippen LogP contribution in [0.25, 0.3) is 21.6 Å². The van der Waals surface area contributed by atoms with Crippen LogP contribution in [0.3, 0.4) is 0 Å². The Morgan fingerprint density at radius 2 is 1.89 bits per heavy atom. The van der Waals surface area contributed by atoms with Gasteiger partial charge in [0.15, 0.2) is 5.82 Å². The molecule has 2 N–H and O–H groups in total. The highest BCUT2D eigenvalue weighted by Gasteiger charge is 2.19. The van der Waals surface area contributed by atoms with Crippen LogP contribution in [0.5, 0.6) is 0 Å². The number of nitriles is 1. The average Bonchev–Trinajstić information content (AvgIpc) is 3.14. The van der Waals surface area contributed by atoms with Crippen molar-refractivity contribution in [2.24, 2.45) is 0 Å². The van der Waals surface area contributed by atoms with E-state index in [1.54, 1.807) is 23.5 Å². The number of thiophene rings is 1. The summed E-state index contributed by atoms with van der Waals surface area (Å²) in [7, 11) is 0. The smallest absolute Gasteiger partial charge is 0.163 e. The third-order valence-corrected chi connectivity index (χ3v) is 5.66. The Labute approximate surface area is 168 Å². The minimum atomic E-state index is -0.662. The molecular weight excluding hydrogens is 373 g/mol. The highest BCUT2D eigenvalue weighted by Crippen LogP contribution is 2.31. The molecule has 3 heterocycles. The Morgan fingerprint density at radius 3 is 2.54 bits per heavy atom. The number of nitrogens with zero attached hydrogens (tertiary/aromatic N) is 4. The number of alkyl halides is 1. The number of anilines is 1. The van der Waals surface area contributed by atoms with Gasteiger partial charge in [-0.25, -0.2) is 14.4 Å². The van der Waals surface area contributed by atoms with Crippen molar-refractivity contribution in [1.29, 1.82) is 5.26 Å². The molecule has 1 aliphatic rings. The largest absolute Gasteiger partial charge is 0.383 e. The zero-order chi connectivity index (χ0) is 20.1. The number of nitrogens with two attached hydrogens (primary N) is 1. The Kier molecular flexibility index (Phi) is 6.55. The Morgan fingerprint density at radius 1 is 1.21 bits per heavy atom. The zero-order valence-electron chi connectivity index (χ0n) is 16.2. The number of aromatic nitrogens is 2. The van der Waals surface area contributed by atoms with E-state index in [0.717, 1.165) is 40.3 Å². The summed E-state index contributed by atoms with van der Waals surface area (Å²) >= 11 is 1.60. The van der Waals surface area contributed by atoms with Crippen molar-refractivity contribution in [3.63, 3.8) is 0 Å². The molecule has 0 bridgehead atoms. The molecule has 2 aromatic heterocycles. The lowest BCUT2D eigenvalue weighted by molar-refractivity contribution is 0.146. The molecule has 1 fully saturated rings. The standard InChI is InChI=1S/C19H18FN5S.C2H6/c20-14-5-7-25(8-6-14)11-15-9-16-17(22)23-18(24-19(16)26-15)13-3-1-12(10-21)2-4-13;1-2/h1-4,9,14H,5-8,11H2,(H2,22,23,24);1-2H3. The summed E-state index contributed by atoms with van der Waals surface area (Å²) < 4.78 is 13.3. The summed E-state index contributed by atoms with van der Waals surface area (Å²) in [5.74, 6) is 1.02. The first-order chi connectivity index (χ1) is 13.6. The van der Waals surface area contributed by atoms with E-state index in [0.29, 0.717) is 30.0 Å². The lowest BCUT2D eigenvalue weighted by Crippen LogP contribution is -2.33. The van der Waals surface area contributed by atoms with Crippen LogP contribution < -0.4 is 5.73 Å². The van der Waals surface area contributed by atoms with E-state index in [1.807, 2.05) is 32.0 Å². The topological polar surface area (TPSA) is 78.8 Å². The number of fused-ring (bicyclic) bond motifs is 1. The Balaban J connectivity index is 0.00000109. The van der Waals surface area contributed by atoms with Gasteiger partial charge in [-0.15, -0.1) is 11.3 Å². The molecule has 1 aliphatic heterocycles. The number of hydrogen-bond acceptors (Lipinski definition) is 6. The van der Waals surface area contributed by atoms with Crippen LogP contribution in [-0.2, 0) is 6.54 Å². The normalized spacial score (nSPS) is 15.1. The van der Waals surface area contributed by atoms with E-state index in [2.05, 4.69) is 20.9 Å². The molecule has 4 rings (SSSR count). The van der Waals surface area contributed by atoms with Gasteiger partial charge in [-0.2, -0.15) is 5.26 Å². The first-order valence-electron chi connectivity index (χ1n) is 9.55. The Hall–Kier alpha value is -2.56. The van der Waals surface area contributed by atoms with E-state index in [1.165, 1.54) is 0 Å². The van der Waals surface area contributed by atoms with Crippen molar-refractivity contribution in [3.8, 4) is 17.5 Å². The van der Waals surface area contributed by atoms with Crippen molar-refractivity contribution >= 4 is 27.4 Å². The van der Waals surface area contributed by atoms with E-state index >= 15 is 0 Å². The second-order valence-electron chi connectivity index (χ2n) is 6.50. The van der Waals surface area contributed by atoms with Gasteiger partial charge in [0, 0.05) is 30.1 Å². The maximum Gasteiger partial charge on any atom is 0.163 e. The first-order valence-corrected chi connectivity index (χ1v) is 10.4. The molecule has 146 valence electrons. The fraction of sp³-hybridized carbons (Fsp3) is 0.381. The quantitative estimate of drug-likeness (QED) is 0.688. The van der Waals surface area contributed by atoms with E-state index in [4.69, 9.17) is 11.0 Å². The summed E-state index contributed by atoms with van der Waals surface area (Å²) in [5, 5.41) is 9.78. The van der Waals surface area contributed by atoms with Crippen molar-refractivity contribution in [2.75, 3.05) is 18.8 Å². The van der Waals surface area contributed by atoms with Crippen LogP contribution in [0, 0.1) is 11.3 Å². The summed E-state index contributed by atoms with van der Waals surface area (Å²) in [6, 6.07) is 11.3. The fourth-order valence-electron chi connectivity index (χ4n) is 3.17. The number of hydrogen-bond donors (Lipinski definition) is 1. The number of nitrogen functional groups attached to an aromatic ring is 1. The predicted molar refractivity (Wildman–Crippen MR) is 113 cm³/mol. The molecule has 7 heteroatoms. The van der Waals surface area contributed by atoms with Crippen molar-refractivity contribution in [3.05, 3.63) is 40.8 Å². The van der Waals surface area contributed by atoms with E-state index in [9.17, 15) is 4.39 Å². The second-order valence-corrected chi connectivity index (χ2v) is 7.62. The van der Waals surface area contributed by atoms with Crippen LogP contribution >= 0.6 is 11.3 Å². The summed E-state index contributed by atoms with van der Waals surface area (Å²) in [5.41, 5.74) is 7.58. The maximum atomic E-state index is 13.3. The number of benzene rings is 1. The minimum absolute atomic E-state index is 0.458. The van der Waals surface area contributed by atoms with Gasteiger partial charge in [0.25, 0.3) is 0 Å². The molecule has 0 saturated carbocycles. The van der Waals surface area contributed by atoms with Gasteiger partial charge < -0.3 is 5.73 Å². The van der Waals surface area contributed by atoms with Crippen LogP contribution in [0.2, 0.25) is 0 Å². The number of piperidine rings is 1. The lowest BCUT2D eigenvalue weighted by Gasteiger charge is -2.27. The fourth-order valence-corrected chi connectivity index (χ4v) is 4.25. The van der Waals surface area contributed by atoms with Crippen LogP contribution in [0.4, 0.5) is 10.2 Å². The summed E-state index contributed by atoms with van der Waals surface area (Å²) in [4.78, 5) is 13.4. The van der Waals surface area contributed by atoms with Gasteiger partial charge in [-0.1, -0.05) is 13.8 Å². The van der Waals surface area contributed by atoms with Crippen LogP contribution in [0.1, 0.15) is 37.1 Å². The molecule has 3 aromatic rings. The molecule has 1 saturated heterocycles. The minimum Gasteiger partial charge on any atom is -0.383 e. The summed E-state index contributed by atoms with van der Waals surface area (Å²) in [6.45, 7) is 6.36. The number of likely N-dealkylation sites (tertiary alicyclic amines) is 1.